The van der Waals surface area contributed by atoms with Crippen LogP contribution in [-0.4, -0.2) is 42.3 Å². The van der Waals surface area contributed by atoms with E-state index in [2.05, 4.69) is 6.92 Å². The van der Waals surface area contributed by atoms with E-state index >= 15 is 0 Å². The molecule has 0 atom stereocenters. The average molecular weight is 430 g/mol. The van der Waals surface area contributed by atoms with E-state index in [0.717, 1.165) is 51.4 Å². The Kier molecular flexibility index (Phi) is 6.85. The van der Waals surface area contributed by atoms with E-state index in [9.17, 15) is 14.7 Å². The van der Waals surface area contributed by atoms with Crippen molar-refractivity contribution in [2.75, 3.05) is 12.0 Å². The van der Waals surface area contributed by atoms with Crippen molar-refractivity contribution < 1.29 is 24.2 Å². The molecule has 170 valence electrons. The van der Waals surface area contributed by atoms with Crippen LogP contribution in [0.2, 0.25) is 0 Å². The summed E-state index contributed by atoms with van der Waals surface area (Å²) >= 11 is 0. The second kappa shape index (κ2) is 9.60. The van der Waals surface area contributed by atoms with Crippen LogP contribution in [0, 0.1) is 11.8 Å². The van der Waals surface area contributed by atoms with Crippen molar-refractivity contribution >= 4 is 17.6 Å². The molecule has 6 heteroatoms. The molecule has 3 aliphatic carbocycles. The molecule has 0 radical (unpaired) electrons. The van der Waals surface area contributed by atoms with Gasteiger partial charge in [-0.3, -0.25) is 4.79 Å². The molecule has 1 aromatic rings. The number of phenols is 1. The summed E-state index contributed by atoms with van der Waals surface area (Å²) in [4.78, 5) is 28.2. The fraction of sp³-hybridized carbons (Fsp3) is 0.680. The Labute approximate surface area is 184 Å². The van der Waals surface area contributed by atoms with Crippen LogP contribution < -0.4 is 4.90 Å². The summed E-state index contributed by atoms with van der Waals surface area (Å²) in [5.74, 6) is 0.202. The summed E-state index contributed by atoms with van der Waals surface area (Å²) < 4.78 is 11.1. The number of amides is 1. The maximum atomic E-state index is 13.8. The number of methoxy groups -OCH3 is 1. The third-order valence-electron chi connectivity index (χ3n) is 7.17. The minimum absolute atomic E-state index is 0.00965. The van der Waals surface area contributed by atoms with Crippen LogP contribution in [0.4, 0.5) is 5.69 Å². The van der Waals surface area contributed by atoms with Gasteiger partial charge < -0.3 is 19.5 Å². The van der Waals surface area contributed by atoms with Gasteiger partial charge in [-0.1, -0.05) is 6.92 Å². The van der Waals surface area contributed by atoms with E-state index in [1.807, 2.05) is 4.90 Å². The molecular weight excluding hydrogens is 394 g/mol. The first-order valence-corrected chi connectivity index (χ1v) is 11.9. The molecule has 0 heterocycles. The average Bonchev–Trinajstić information content (AvgIpc) is 3.60. The van der Waals surface area contributed by atoms with E-state index in [-0.39, 0.29) is 35.3 Å². The minimum Gasteiger partial charge on any atom is -0.508 e. The molecule has 0 aromatic heterocycles. The number of nitrogens with zero attached hydrogens (tertiary/aromatic N) is 1. The molecule has 3 saturated carbocycles. The summed E-state index contributed by atoms with van der Waals surface area (Å²) in [6.45, 7) is 2.24. The summed E-state index contributed by atoms with van der Waals surface area (Å²) in [6.07, 6.45) is 10.5. The topological polar surface area (TPSA) is 76.1 Å². The van der Waals surface area contributed by atoms with Gasteiger partial charge in [0.2, 0.25) is 5.91 Å². The molecule has 31 heavy (non-hydrogen) atoms. The molecule has 0 spiro atoms. The zero-order valence-electron chi connectivity index (χ0n) is 18.7. The number of ether oxygens (including phenoxy) is 2. The quantitative estimate of drug-likeness (QED) is 0.656. The van der Waals surface area contributed by atoms with Gasteiger partial charge in [-0.05, 0) is 88.3 Å². The molecule has 0 bridgehead atoms. The van der Waals surface area contributed by atoms with Gasteiger partial charge >= 0.3 is 5.97 Å². The Balaban J connectivity index is 1.60. The Morgan fingerprint density at radius 2 is 1.55 bits per heavy atom. The van der Waals surface area contributed by atoms with Gasteiger partial charge in [-0.25, -0.2) is 4.79 Å². The highest BCUT2D eigenvalue weighted by Crippen LogP contribution is 2.38. The van der Waals surface area contributed by atoms with Crippen molar-refractivity contribution in [1.29, 1.82) is 0 Å². The molecule has 4 rings (SSSR count). The lowest BCUT2D eigenvalue weighted by Crippen LogP contribution is -2.47. The number of hydrogen-bond acceptors (Lipinski definition) is 5. The molecule has 1 aromatic carbocycles. The monoisotopic (exact) mass is 429 g/mol. The lowest BCUT2D eigenvalue weighted by molar-refractivity contribution is -0.124. The van der Waals surface area contributed by atoms with Crippen LogP contribution in [0.5, 0.6) is 5.75 Å². The Morgan fingerprint density at radius 3 is 2.13 bits per heavy atom. The molecule has 0 saturated heterocycles. The standard InChI is InChI=1S/C25H35NO5/c1-16-3-5-17(6-4-16)24(28)26(18-7-10-20(11-8-18)31-21-12-13-21)23-14-9-19(27)15-22(23)25(29)30-2/h9,14-18,20-21,27H,3-8,10-13H2,1-2H3/t16-,17-,18-,20-. The number of esters is 1. The van der Waals surface area contributed by atoms with E-state index in [1.54, 1.807) is 12.1 Å². The van der Waals surface area contributed by atoms with Crippen molar-refractivity contribution in [3.05, 3.63) is 23.8 Å². The molecule has 1 amide bonds. The number of anilines is 1. The highest BCUT2D eigenvalue weighted by atomic mass is 16.5. The predicted molar refractivity (Wildman–Crippen MR) is 118 cm³/mol. The molecule has 0 aliphatic heterocycles. The number of rotatable bonds is 6. The van der Waals surface area contributed by atoms with E-state index in [1.165, 1.54) is 26.0 Å². The van der Waals surface area contributed by atoms with Crippen LogP contribution >= 0.6 is 0 Å². The third-order valence-corrected chi connectivity index (χ3v) is 7.17. The number of aromatic hydroxyl groups is 1. The lowest BCUT2D eigenvalue weighted by atomic mass is 9.81. The number of carbonyl (C=O) groups excluding carboxylic acids is 2. The van der Waals surface area contributed by atoms with Crippen molar-refractivity contribution in [2.24, 2.45) is 11.8 Å². The molecular formula is C25H35NO5. The van der Waals surface area contributed by atoms with Gasteiger partial charge in [-0.2, -0.15) is 0 Å². The van der Waals surface area contributed by atoms with Gasteiger partial charge in [0.25, 0.3) is 0 Å². The summed E-state index contributed by atoms with van der Waals surface area (Å²) in [5, 5.41) is 9.99. The van der Waals surface area contributed by atoms with Crippen LogP contribution in [0.1, 0.15) is 81.5 Å². The smallest absolute Gasteiger partial charge is 0.340 e. The maximum absolute atomic E-state index is 13.8. The normalized spacial score (nSPS) is 28.7. The van der Waals surface area contributed by atoms with Gasteiger partial charge in [-0.15, -0.1) is 0 Å². The highest BCUT2D eigenvalue weighted by Gasteiger charge is 2.38. The van der Waals surface area contributed by atoms with Crippen LogP contribution in [0.15, 0.2) is 18.2 Å². The summed E-state index contributed by atoms with van der Waals surface area (Å²) in [5.41, 5.74) is 0.802. The lowest BCUT2D eigenvalue weighted by Gasteiger charge is -2.40. The SMILES string of the molecule is COC(=O)c1cc(O)ccc1N(C(=O)[C@H]1CC[C@H](C)CC1)[C@H]1CC[C@H](OC2CC2)CC1. The predicted octanol–water partition coefficient (Wildman–Crippen LogP) is 4.83. The molecule has 1 N–H and O–H groups in total. The Morgan fingerprint density at radius 1 is 0.935 bits per heavy atom. The fourth-order valence-corrected chi connectivity index (χ4v) is 5.12. The second-order valence-electron chi connectivity index (χ2n) is 9.62. The van der Waals surface area contributed by atoms with Crippen molar-refractivity contribution in [2.45, 2.75) is 89.4 Å². The maximum Gasteiger partial charge on any atom is 0.340 e. The summed E-state index contributed by atoms with van der Waals surface area (Å²) in [7, 11) is 1.32. The zero-order valence-corrected chi connectivity index (χ0v) is 18.7. The Bertz CT molecular complexity index is 789. The largest absolute Gasteiger partial charge is 0.508 e. The summed E-state index contributed by atoms with van der Waals surface area (Å²) in [6, 6.07) is 4.68. The molecule has 0 unspecified atom stereocenters. The first-order chi connectivity index (χ1) is 15.0. The first-order valence-electron chi connectivity index (χ1n) is 11.9. The van der Waals surface area contributed by atoms with E-state index < -0.39 is 5.97 Å². The van der Waals surface area contributed by atoms with Gasteiger partial charge in [0.05, 0.1) is 30.6 Å². The second-order valence-corrected chi connectivity index (χ2v) is 9.62. The minimum atomic E-state index is -0.535. The number of hydrogen-bond donors (Lipinski definition) is 1. The number of benzene rings is 1. The van der Waals surface area contributed by atoms with Crippen molar-refractivity contribution in [3.63, 3.8) is 0 Å². The van der Waals surface area contributed by atoms with Gasteiger partial charge in [0.15, 0.2) is 0 Å². The number of phenolic OH excluding ortho intramolecular Hbond substituents is 1. The molecule has 3 aliphatic rings. The van der Waals surface area contributed by atoms with Crippen LogP contribution in [0.25, 0.3) is 0 Å². The van der Waals surface area contributed by atoms with E-state index in [0.29, 0.717) is 17.7 Å². The van der Waals surface area contributed by atoms with Gasteiger partial charge in [0.1, 0.15) is 5.75 Å². The van der Waals surface area contributed by atoms with Crippen molar-refractivity contribution in [3.8, 4) is 5.75 Å². The first kappa shape index (κ1) is 22.1. The zero-order chi connectivity index (χ0) is 22.0. The highest BCUT2D eigenvalue weighted by molar-refractivity contribution is 6.04. The van der Waals surface area contributed by atoms with Gasteiger partial charge in [0, 0.05) is 12.0 Å². The van der Waals surface area contributed by atoms with Crippen LogP contribution in [-0.2, 0) is 14.3 Å². The molecule has 3 fully saturated rings. The Hall–Kier alpha value is -2.08. The van der Waals surface area contributed by atoms with E-state index in [4.69, 9.17) is 9.47 Å². The fourth-order valence-electron chi connectivity index (χ4n) is 5.12. The van der Waals surface area contributed by atoms with Crippen molar-refractivity contribution in [1.82, 2.24) is 0 Å². The molecule has 6 nitrogen and oxygen atoms in total. The number of carbonyl (C=O) groups is 2. The third kappa shape index (κ3) is 5.22. The van der Waals surface area contributed by atoms with Crippen LogP contribution in [0.3, 0.4) is 0 Å².